The number of aromatic nitrogens is 1. The Bertz CT molecular complexity index is 582. The summed E-state index contributed by atoms with van der Waals surface area (Å²) >= 11 is 0. The lowest BCUT2D eigenvalue weighted by Crippen LogP contribution is -2.60. The van der Waals surface area contributed by atoms with Crippen LogP contribution in [0.15, 0.2) is 24.4 Å². The molecule has 0 aliphatic carbocycles. The molecule has 3 heterocycles. The fourth-order valence-corrected chi connectivity index (χ4v) is 4.26. The molecule has 1 atom stereocenters. The van der Waals surface area contributed by atoms with E-state index in [2.05, 4.69) is 9.88 Å². The molecular formula is C17H24N4O2. The molecule has 2 amide bonds. The molecule has 1 aromatic heterocycles. The van der Waals surface area contributed by atoms with Crippen LogP contribution < -0.4 is 5.73 Å². The average molecular weight is 316 g/mol. The zero-order valence-electron chi connectivity index (χ0n) is 13.6. The number of amides is 2. The number of hydrogen-bond donors (Lipinski definition) is 1. The SMILES string of the molecule is CN1CCCC2(CCN(C(=O)c3ccccn3)CC2)C1C(N)=O. The van der Waals surface area contributed by atoms with Gasteiger partial charge >= 0.3 is 0 Å². The first kappa shape index (κ1) is 15.9. The highest BCUT2D eigenvalue weighted by Crippen LogP contribution is 2.44. The van der Waals surface area contributed by atoms with E-state index in [0.717, 1.165) is 32.2 Å². The van der Waals surface area contributed by atoms with Crippen molar-refractivity contribution in [1.29, 1.82) is 0 Å². The lowest BCUT2D eigenvalue weighted by Gasteiger charge is -2.51. The maximum absolute atomic E-state index is 12.5. The van der Waals surface area contributed by atoms with E-state index < -0.39 is 0 Å². The van der Waals surface area contributed by atoms with Crippen LogP contribution in [-0.4, -0.2) is 59.3 Å². The number of nitrogens with zero attached hydrogens (tertiary/aromatic N) is 3. The van der Waals surface area contributed by atoms with Crippen LogP contribution in [0.3, 0.4) is 0 Å². The Morgan fingerprint density at radius 3 is 2.57 bits per heavy atom. The van der Waals surface area contributed by atoms with Crippen molar-refractivity contribution >= 4 is 11.8 Å². The minimum absolute atomic E-state index is 0.0276. The minimum Gasteiger partial charge on any atom is -0.368 e. The van der Waals surface area contributed by atoms with E-state index >= 15 is 0 Å². The molecule has 0 radical (unpaired) electrons. The Kier molecular flexibility index (Phi) is 4.35. The van der Waals surface area contributed by atoms with E-state index in [-0.39, 0.29) is 23.3 Å². The molecule has 6 nitrogen and oxygen atoms in total. The number of carbonyl (C=O) groups is 2. The summed E-state index contributed by atoms with van der Waals surface area (Å²) in [4.78, 5) is 32.5. The van der Waals surface area contributed by atoms with Gasteiger partial charge in [-0.2, -0.15) is 0 Å². The van der Waals surface area contributed by atoms with Crippen LogP contribution in [0.25, 0.3) is 0 Å². The number of nitrogens with two attached hydrogens (primary N) is 1. The number of piperidine rings is 2. The van der Waals surface area contributed by atoms with Crippen LogP contribution in [0.5, 0.6) is 0 Å². The van der Waals surface area contributed by atoms with Crippen LogP contribution in [0.1, 0.15) is 36.2 Å². The lowest BCUT2D eigenvalue weighted by molar-refractivity contribution is -0.132. The first-order valence-electron chi connectivity index (χ1n) is 8.23. The normalized spacial score (nSPS) is 24.6. The van der Waals surface area contributed by atoms with Gasteiger partial charge in [0.25, 0.3) is 5.91 Å². The fourth-order valence-electron chi connectivity index (χ4n) is 4.26. The second-order valence-electron chi connectivity index (χ2n) is 6.76. The third kappa shape index (κ3) is 2.95. The van der Waals surface area contributed by atoms with Crippen molar-refractivity contribution < 1.29 is 9.59 Å². The van der Waals surface area contributed by atoms with E-state index in [0.29, 0.717) is 18.8 Å². The molecule has 2 aliphatic rings. The van der Waals surface area contributed by atoms with Gasteiger partial charge in [0.05, 0.1) is 6.04 Å². The van der Waals surface area contributed by atoms with Gasteiger partial charge in [0, 0.05) is 19.3 Å². The van der Waals surface area contributed by atoms with E-state index in [1.54, 1.807) is 18.3 Å². The van der Waals surface area contributed by atoms with Gasteiger partial charge in [0.1, 0.15) is 5.69 Å². The average Bonchev–Trinajstić information content (AvgIpc) is 2.55. The first-order chi connectivity index (χ1) is 11.0. The summed E-state index contributed by atoms with van der Waals surface area (Å²) in [6.07, 6.45) is 5.37. The number of hydrogen-bond acceptors (Lipinski definition) is 4. The summed E-state index contributed by atoms with van der Waals surface area (Å²) < 4.78 is 0. The van der Waals surface area contributed by atoms with Crippen molar-refractivity contribution in [3.8, 4) is 0 Å². The largest absolute Gasteiger partial charge is 0.368 e. The molecule has 2 saturated heterocycles. The number of likely N-dealkylation sites (tertiary alicyclic amines) is 2. The highest BCUT2D eigenvalue weighted by molar-refractivity contribution is 5.92. The van der Waals surface area contributed by atoms with Gasteiger partial charge in [0.2, 0.25) is 5.91 Å². The number of carbonyl (C=O) groups excluding carboxylic acids is 2. The highest BCUT2D eigenvalue weighted by Gasteiger charge is 2.48. The van der Waals surface area contributed by atoms with Crippen LogP contribution in [-0.2, 0) is 4.79 Å². The summed E-state index contributed by atoms with van der Waals surface area (Å²) in [5, 5.41) is 0. The molecule has 0 bridgehead atoms. The Morgan fingerprint density at radius 1 is 1.22 bits per heavy atom. The fraction of sp³-hybridized carbons (Fsp3) is 0.588. The maximum Gasteiger partial charge on any atom is 0.272 e. The van der Waals surface area contributed by atoms with E-state index in [1.807, 2.05) is 18.0 Å². The van der Waals surface area contributed by atoms with Crippen LogP contribution in [0.4, 0.5) is 0 Å². The summed E-state index contributed by atoms with van der Waals surface area (Å²) in [5.74, 6) is -0.267. The molecule has 3 rings (SSSR count). The van der Waals surface area contributed by atoms with Gasteiger partial charge in [-0.3, -0.25) is 19.5 Å². The van der Waals surface area contributed by atoms with Crippen LogP contribution in [0, 0.1) is 5.41 Å². The molecule has 1 aromatic rings. The monoisotopic (exact) mass is 316 g/mol. The topological polar surface area (TPSA) is 79.5 Å². The van der Waals surface area contributed by atoms with E-state index in [4.69, 9.17) is 5.73 Å². The molecular weight excluding hydrogens is 292 g/mol. The molecule has 2 fully saturated rings. The molecule has 0 aromatic carbocycles. The van der Waals surface area contributed by atoms with E-state index in [9.17, 15) is 9.59 Å². The summed E-state index contributed by atoms with van der Waals surface area (Å²) in [6.45, 7) is 2.23. The first-order valence-corrected chi connectivity index (χ1v) is 8.23. The third-order valence-corrected chi connectivity index (χ3v) is 5.41. The van der Waals surface area contributed by atoms with Crippen molar-refractivity contribution in [2.75, 3.05) is 26.7 Å². The van der Waals surface area contributed by atoms with Gasteiger partial charge < -0.3 is 10.6 Å². The smallest absolute Gasteiger partial charge is 0.272 e. The van der Waals surface area contributed by atoms with Crippen LogP contribution >= 0.6 is 0 Å². The summed E-state index contributed by atoms with van der Waals surface area (Å²) in [7, 11) is 1.97. The summed E-state index contributed by atoms with van der Waals surface area (Å²) in [5.41, 5.74) is 6.08. The second kappa shape index (κ2) is 6.28. The molecule has 6 heteroatoms. The maximum atomic E-state index is 12.5. The molecule has 23 heavy (non-hydrogen) atoms. The molecule has 0 saturated carbocycles. The van der Waals surface area contributed by atoms with Crippen molar-refractivity contribution in [3.05, 3.63) is 30.1 Å². The molecule has 2 aliphatic heterocycles. The Labute approximate surface area is 136 Å². The zero-order valence-corrected chi connectivity index (χ0v) is 13.6. The lowest BCUT2D eigenvalue weighted by atomic mass is 9.66. The van der Waals surface area contributed by atoms with Crippen molar-refractivity contribution in [1.82, 2.24) is 14.8 Å². The van der Waals surface area contributed by atoms with E-state index in [1.165, 1.54) is 0 Å². The quantitative estimate of drug-likeness (QED) is 0.878. The Hall–Kier alpha value is -1.95. The molecule has 1 unspecified atom stereocenters. The van der Waals surface area contributed by atoms with Crippen molar-refractivity contribution in [2.24, 2.45) is 11.1 Å². The predicted molar refractivity (Wildman–Crippen MR) is 86.7 cm³/mol. The molecule has 1 spiro atoms. The van der Waals surface area contributed by atoms with Gasteiger partial charge in [0.15, 0.2) is 0 Å². The Morgan fingerprint density at radius 2 is 1.96 bits per heavy atom. The van der Waals surface area contributed by atoms with Crippen LogP contribution in [0.2, 0.25) is 0 Å². The number of rotatable bonds is 2. The second-order valence-corrected chi connectivity index (χ2v) is 6.76. The standard InChI is InChI=1S/C17H24N4O2/c1-20-10-4-6-17(14(20)15(18)22)7-11-21(12-8-17)16(23)13-5-2-3-9-19-13/h2-3,5,9,14H,4,6-8,10-12H2,1H3,(H2,18,22). The summed E-state index contributed by atoms with van der Waals surface area (Å²) in [6, 6.07) is 5.15. The van der Waals surface area contributed by atoms with Gasteiger partial charge in [-0.15, -0.1) is 0 Å². The van der Waals surface area contributed by atoms with Gasteiger partial charge in [-0.05, 0) is 56.8 Å². The number of primary amides is 1. The van der Waals surface area contributed by atoms with Gasteiger partial charge in [-0.1, -0.05) is 6.07 Å². The van der Waals surface area contributed by atoms with Gasteiger partial charge in [-0.25, -0.2) is 0 Å². The predicted octanol–water partition coefficient (Wildman–Crippen LogP) is 0.883. The Balaban J connectivity index is 1.72. The van der Waals surface area contributed by atoms with Crippen molar-refractivity contribution in [2.45, 2.75) is 31.7 Å². The number of pyridine rings is 1. The minimum atomic E-state index is -0.239. The molecule has 2 N–H and O–H groups in total. The third-order valence-electron chi connectivity index (χ3n) is 5.41. The zero-order chi connectivity index (χ0) is 16.4. The molecule has 124 valence electrons. The highest BCUT2D eigenvalue weighted by atomic mass is 16.2. The van der Waals surface area contributed by atoms with Crippen molar-refractivity contribution in [3.63, 3.8) is 0 Å². The number of likely N-dealkylation sites (N-methyl/N-ethyl adjacent to an activating group) is 1.